The fourth-order valence-corrected chi connectivity index (χ4v) is 3.72. The van der Waals surface area contributed by atoms with E-state index in [1.807, 2.05) is 12.1 Å². The Balaban J connectivity index is 1.89. The summed E-state index contributed by atoms with van der Waals surface area (Å²) in [4.78, 5) is 5.05. The summed E-state index contributed by atoms with van der Waals surface area (Å²) in [5, 5.41) is 0.670. The van der Waals surface area contributed by atoms with E-state index in [2.05, 4.69) is 23.8 Å². The highest BCUT2D eigenvalue weighted by atomic mass is 35.5. The molecule has 1 aromatic rings. The van der Waals surface area contributed by atoms with Gasteiger partial charge in [-0.05, 0) is 50.9 Å². The van der Waals surface area contributed by atoms with Crippen LogP contribution >= 0.6 is 11.6 Å². The number of fused-ring (bicyclic) bond motifs is 2. The first-order valence-electron chi connectivity index (χ1n) is 7.09. The number of nitrogen functional groups attached to an aromatic ring is 1. The van der Waals surface area contributed by atoms with E-state index in [9.17, 15) is 0 Å². The summed E-state index contributed by atoms with van der Waals surface area (Å²) in [5.74, 6) is 0. The first-order chi connectivity index (χ1) is 9.06. The number of hydrogen-bond donors (Lipinski definition) is 1. The SMILES string of the molecule is Cc1cc(N)c(Cl)cc1N1CCC2CCC(C1)N2C. The minimum Gasteiger partial charge on any atom is -0.398 e. The fraction of sp³-hybridized carbons (Fsp3) is 0.600. The third kappa shape index (κ3) is 2.30. The number of likely N-dealkylation sites (N-methyl/N-ethyl adjacent to an activating group) is 1. The Bertz CT molecular complexity index is 489. The highest BCUT2D eigenvalue weighted by Crippen LogP contribution is 2.34. The summed E-state index contributed by atoms with van der Waals surface area (Å²) in [6.07, 6.45) is 3.92. The summed E-state index contributed by atoms with van der Waals surface area (Å²) in [7, 11) is 2.27. The van der Waals surface area contributed by atoms with E-state index in [4.69, 9.17) is 17.3 Å². The predicted octanol–water partition coefficient (Wildman–Crippen LogP) is 2.90. The first kappa shape index (κ1) is 13.1. The van der Waals surface area contributed by atoms with Crippen molar-refractivity contribution in [1.29, 1.82) is 0 Å². The van der Waals surface area contributed by atoms with E-state index in [-0.39, 0.29) is 0 Å². The average Bonchev–Trinajstić information content (AvgIpc) is 2.59. The molecule has 0 aliphatic carbocycles. The van der Waals surface area contributed by atoms with Crippen molar-refractivity contribution in [3.8, 4) is 0 Å². The van der Waals surface area contributed by atoms with E-state index in [0.29, 0.717) is 16.8 Å². The molecular formula is C15H22ClN3. The minimum atomic E-state index is 0.670. The second kappa shape index (κ2) is 4.88. The molecule has 2 saturated heterocycles. The quantitative estimate of drug-likeness (QED) is 0.803. The van der Waals surface area contributed by atoms with Gasteiger partial charge in [0, 0.05) is 30.9 Å². The molecule has 1 aromatic carbocycles. The molecule has 2 N–H and O–H groups in total. The lowest BCUT2D eigenvalue weighted by molar-refractivity contribution is 0.254. The van der Waals surface area contributed by atoms with Gasteiger partial charge in [-0.25, -0.2) is 0 Å². The molecule has 2 unspecified atom stereocenters. The summed E-state index contributed by atoms with van der Waals surface area (Å²) in [6.45, 7) is 4.34. The maximum absolute atomic E-state index is 6.19. The van der Waals surface area contributed by atoms with Crippen LogP contribution in [0, 0.1) is 6.92 Å². The van der Waals surface area contributed by atoms with Crippen molar-refractivity contribution in [2.24, 2.45) is 0 Å². The van der Waals surface area contributed by atoms with E-state index in [1.54, 1.807) is 0 Å². The van der Waals surface area contributed by atoms with Crippen molar-refractivity contribution in [3.05, 3.63) is 22.7 Å². The highest BCUT2D eigenvalue weighted by molar-refractivity contribution is 6.33. The molecule has 2 fully saturated rings. The third-order valence-corrected chi connectivity index (χ3v) is 5.13. The molecule has 3 rings (SSSR count). The van der Waals surface area contributed by atoms with Crippen LogP contribution in [-0.4, -0.2) is 37.1 Å². The maximum atomic E-state index is 6.19. The molecule has 2 heterocycles. The Morgan fingerprint density at radius 3 is 2.74 bits per heavy atom. The molecule has 2 aliphatic heterocycles. The van der Waals surface area contributed by atoms with E-state index < -0.39 is 0 Å². The third-order valence-electron chi connectivity index (χ3n) is 4.80. The number of halogens is 1. The molecule has 0 radical (unpaired) electrons. The van der Waals surface area contributed by atoms with Gasteiger partial charge in [-0.3, -0.25) is 4.90 Å². The Kier molecular flexibility index (Phi) is 3.35. The number of nitrogens with two attached hydrogens (primary N) is 1. The smallest absolute Gasteiger partial charge is 0.0656 e. The van der Waals surface area contributed by atoms with Crippen LogP contribution in [0.4, 0.5) is 11.4 Å². The van der Waals surface area contributed by atoms with Gasteiger partial charge < -0.3 is 10.6 Å². The number of aryl methyl sites for hydroxylation is 1. The van der Waals surface area contributed by atoms with Crippen LogP contribution in [0.1, 0.15) is 24.8 Å². The zero-order valence-electron chi connectivity index (χ0n) is 11.7. The molecule has 0 spiro atoms. The van der Waals surface area contributed by atoms with Gasteiger partial charge in [-0.1, -0.05) is 11.6 Å². The van der Waals surface area contributed by atoms with Crippen LogP contribution in [-0.2, 0) is 0 Å². The molecule has 4 heteroatoms. The van der Waals surface area contributed by atoms with Gasteiger partial charge in [0.25, 0.3) is 0 Å². The molecule has 2 aliphatic rings. The monoisotopic (exact) mass is 279 g/mol. The summed E-state index contributed by atoms with van der Waals surface area (Å²) >= 11 is 6.19. The second-order valence-corrected chi connectivity index (χ2v) is 6.35. The van der Waals surface area contributed by atoms with Crippen molar-refractivity contribution < 1.29 is 0 Å². The second-order valence-electron chi connectivity index (χ2n) is 5.95. The lowest BCUT2D eigenvalue weighted by Crippen LogP contribution is -2.36. The molecule has 0 amide bonds. The van der Waals surface area contributed by atoms with Gasteiger partial charge in [-0.15, -0.1) is 0 Å². The average molecular weight is 280 g/mol. The number of anilines is 2. The first-order valence-corrected chi connectivity index (χ1v) is 7.46. The van der Waals surface area contributed by atoms with Crippen LogP contribution in [0.3, 0.4) is 0 Å². The Morgan fingerprint density at radius 1 is 1.21 bits per heavy atom. The van der Waals surface area contributed by atoms with Crippen molar-refractivity contribution in [1.82, 2.24) is 4.90 Å². The zero-order valence-corrected chi connectivity index (χ0v) is 12.5. The minimum absolute atomic E-state index is 0.670. The van der Waals surface area contributed by atoms with Gasteiger partial charge in [0.15, 0.2) is 0 Å². The van der Waals surface area contributed by atoms with E-state index in [1.165, 1.54) is 30.5 Å². The Hall–Kier alpha value is -0.930. The Morgan fingerprint density at radius 2 is 1.95 bits per heavy atom. The van der Waals surface area contributed by atoms with Crippen molar-refractivity contribution in [2.75, 3.05) is 30.8 Å². The largest absolute Gasteiger partial charge is 0.398 e. The predicted molar refractivity (Wildman–Crippen MR) is 82.0 cm³/mol. The fourth-order valence-electron chi connectivity index (χ4n) is 3.56. The van der Waals surface area contributed by atoms with Gasteiger partial charge in [0.1, 0.15) is 0 Å². The maximum Gasteiger partial charge on any atom is 0.0656 e. The lowest BCUT2D eigenvalue weighted by atomic mass is 10.1. The zero-order chi connectivity index (χ0) is 13.6. The summed E-state index contributed by atoms with van der Waals surface area (Å²) < 4.78 is 0. The van der Waals surface area contributed by atoms with Crippen molar-refractivity contribution in [3.63, 3.8) is 0 Å². The molecule has 104 valence electrons. The number of benzene rings is 1. The normalized spacial score (nSPS) is 27.6. The topological polar surface area (TPSA) is 32.5 Å². The van der Waals surface area contributed by atoms with Crippen molar-refractivity contribution >= 4 is 23.0 Å². The summed E-state index contributed by atoms with van der Waals surface area (Å²) in [6, 6.07) is 5.47. The Labute approximate surface area is 120 Å². The summed E-state index contributed by atoms with van der Waals surface area (Å²) in [5.41, 5.74) is 9.03. The lowest BCUT2D eigenvalue weighted by Gasteiger charge is -2.29. The van der Waals surface area contributed by atoms with Gasteiger partial charge in [0.2, 0.25) is 0 Å². The molecule has 2 atom stereocenters. The van der Waals surface area contributed by atoms with E-state index >= 15 is 0 Å². The standard InChI is InChI=1S/C15H22ClN3/c1-10-7-14(17)13(16)8-15(10)19-6-5-11-3-4-12(9-19)18(11)2/h7-8,11-12H,3-6,9,17H2,1-2H3. The van der Waals surface area contributed by atoms with Crippen LogP contribution in [0.15, 0.2) is 12.1 Å². The molecule has 3 nitrogen and oxygen atoms in total. The molecule has 0 aromatic heterocycles. The molecule has 19 heavy (non-hydrogen) atoms. The van der Waals surface area contributed by atoms with Crippen LogP contribution in [0.25, 0.3) is 0 Å². The van der Waals surface area contributed by atoms with Gasteiger partial charge >= 0.3 is 0 Å². The van der Waals surface area contributed by atoms with Crippen molar-refractivity contribution in [2.45, 2.75) is 38.3 Å². The van der Waals surface area contributed by atoms with E-state index in [0.717, 1.165) is 19.1 Å². The number of rotatable bonds is 1. The number of hydrogen-bond acceptors (Lipinski definition) is 3. The van der Waals surface area contributed by atoms with Crippen LogP contribution < -0.4 is 10.6 Å². The molecule has 0 saturated carbocycles. The molecule has 2 bridgehead atoms. The van der Waals surface area contributed by atoms with Crippen LogP contribution in [0.2, 0.25) is 5.02 Å². The van der Waals surface area contributed by atoms with Gasteiger partial charge in [-0.2, -0.15) is 0 Å². The highest BCUT2D eigenvalue weighted by Gasteiger charge is 2.34. The van der Waals surface area contributed by atoms with Gasteiger partial charge in [0.05, 0.1) is 10.7 Å². The molecular weight excluding hydrogens is 258 g/mol. The number of nitrogens with zero attached hydrogens (tertiary/aromatic N) is 2. The van der Waals surface area contributed by atoms with Crippen LogP contribution in [0.5, 0.6) is 0 Å².